The van der Waals surface area contributed by atoms with E-state index in [1.807, 2.05) is 18.2 Å². The normalized spacial score (nSPS) is 20.5. The minimum Gasteiger partial charge on any atom is -0.486 e. The van der Waals surface area contributed by atoms with Crippen LogP contribution in [-0.2, 0) is 11.3 Å². The van der Waals surface area contributed by atoms with Crippen molar-refractivity contribution in [3.63, 3.8) is 0 Å². The van der Waals surface area contributed by atoms with Crippen LogP contribution in [0.4, 0.5) is 11.5 Å². The van der Waals surface area contributed by atoms with E-state index in [0.717, 1.165) is 41.5 Å². The predicted octanol–water partition coefficient (Wildman–Crippen LogP) is 5.05. The fraction of sp³-hybridized carbons (Fsp3) is 0.471. The summed E-state index contributed by atoms with van der Waals surface area (Å²) in [6.07, 6.45) is 3.73. The predicted molar refractivity (Wildman–Crippen MR) is 176 cm³/mol. The van der Waals surface area contributed by atoms with E-state index in [4.69, 9.17) is 31.0 Å². The number of hydrogen-bond acceptors (Lipinski definition) is 9. The molecule has 0 bridgehead atoms. The van der Waals surface area contributed by atoms with Gasteiger partial charge in [-0.15, -0.1) is 0 Å². The minimum atomic E-state index is -0.303. The molecule has 0 saturated carbocycles. The molecule has 45 heavy (non-hydrogen) atoms. The van der Waals surface area contributed by atoms with Crippen molar-refractivity contribution >= 4 is 39.8 Å². The monoisotopic (exact) mass is 629 g/mol. The maximum absolute atomic E-state index is 12.6. The van der Waals surface area contributed by atoms with Gasteiger partial charge >= 0.3 is 6.01 Å². The number of fused-ring (bicyclic) bond motifs is 2. The SMILES string of the molecule is C=CC(=O)N1CCN(c2nc(OC[C@H]3CCCN3C(C)C)nc3c2OCCN(c2cccc4cccc(Cl)c24)C3)C[C@@H]1CC#N. The summed E-state index contributed by atoms with van der Waals surface area (Å²) in [7, 11) is 0. The Balaban J connectivity index is 1.36. The summed E-state index contributed by atoms with van der Waals surface area (Å²) in [6, 6.07) is 15.1. The second kappa shape index (κ2) is 13.5. The summed E-state index contributed by atoms with van der Waals surface area (Å²) in [5.74, 6) is 1.07. The molecule has 0 unspecified atom stereocenters. The topological polar surface area (TPSA) is 98.1 Å². The third-order valence-corrected chi connectivity index (χ3v) is 9.39. The number of carbonyl (C=O) groups is 1. The lowest BCUT2D eigenvalue weighted by Gasteiger charge is -2.41. The molecule has 2 saturated heterocycles. The van der Waals surface area contributed by atoms with Gasteiger partial charge < -0.3 is 24.2 Å². The van der Waals surface area contributed by atoms with Crippen LogP contribution in [0.25, 0.3) is 10.8 Å². The molecule has 0 radical (unpaired) electrons. The van der Waals surface area contributed by atoms with Crippen molar-refractivity contribution < 1.29 is 14.3 Å². The Morgan fingerprint density at radius 3 is 2.76 bits per heavy atom. The zero-order chi connectivity index (χ0) is 31.5. The highest BCUT2D eigenvalue weighted by atomic mass is 35.5. The van der Waals surface area contributed by atoms with E-state index in [0.29, 0.717) is 80.6 Å². The van der Waals surface area contributed by atoms with Crippen LogP contribution in [0.1, 0.15) is 38.8 Å². The number of rotatable bonds is 8. The zero-order valence-corrected chi connectivity index (χ0v) is 26.7. The van der Waals surface area contributed by atoms with Crippen molar-refractivity contribution in [1.29, 1.82) is 5.26 Å². The minimum absolute atomic E-state index is 0.174. The molecule has 2 aromatic carbocycles. The average molecular weight is 630 g/mol. The van der Waals surface area contributed by atoms with Gasteiger partial charge in [0.25, 0.3) is 0 Å². The number of nitrogens with zero attached hydrogens (tertiary/aromatic N) is 7. The lowest BCUT2D eigenvalue weighted by atomic mass is 10.1. The van der Waals surface area contributed by atoms with Gasteiger partial charge in [0.2, 0.25) is 5.91 Å². The molecule has 2 fully saturated rings. The number of benzene rings is 2. The summed E-state index contributed by atoms with van der Waals surface area (Å²) >= 11 is 6.72. The van der Waals surface area contributed by atoms with Gasteiger partial charge in [0, 0.05) is 42.8 Å². The summed E-state index contributed by atoms with van der Waals surface area (Å²) in [4.78, 5) is 31.0. The smallest absolute Gasteiger partial charge is 0.318 e. The maximum atomic E-state index is 12.6. The lowest BCUT2D eigenvalue weighted by Crippen LogP contribution is -2.55. The van der Waals surface area contributed by atoms with Crippen LogP contribution in [0.5, 0.6) is 11.8 Å². The number of ether oxygens (including phenoxy) is 2. The number of piperazine rings is 1. The number of aromatic nitrogens is 2. The molecule has 3 aromatic rings. The van der Waals surface area contributed by atoms with Crippen LogP contribution in [0.2, 0.25) is 5.02 Å². The Kier molecular flexibility index (Phi) is 9.29. The van der Waals surface area contributed by atoms with Crippen molar-refractivity contribution in [2.24, 2.45) is 0 Å². The highest BCUT2D eigenvalue weighted by Gasteiger charge is 2.34. The Hall–Kier alpha value is -4.07. The van der Waals surface area contributed by atoms with E-state index in [1.165, 1.54) is 6.08 Å². The lowest BCUT2D eigenvalue weighted by molar-refractivity contribution is -0.128. The standard InChI is InChI=1S/C34H40ClN7O3/c1-4-30(43)42-17-16-40(20-25(42)13-14-36)33-32-28(37-34(38-33)45-22-26-10-7-15-41(26)23(2)3)21-39(18-19-44-32)29-12-6-9-24-8-5-11-27(35)31(24)29/h4-6,8-9,11-12,23,25-26H,1,7,10,13,15-22H2,2-3H3/t25-,26+/m0/s1. The van der Waals surface area contributed by atoms with Crippen molar-refractivity contribution in [3.05, 3.63) is 59.8 Å². The van der Waals surface area contributed by atoms with E-state index in [-0.39, 0.29) is 18.4 Å². The molecule has 3 aliphatic heterocycles. The number of nitriles is 1. The molecule has 1 aromatic heterocycles. The molecule has 0 N–H and O–H groups in total. The number of anilines is 2. The molecule has 2 atom stereocenters. The summed E-state index contributed by atoms with van der Waals surface area (Å²) < 4.78 is 12.8. The molecule has 0 aliphatic carbocycles. The Morgan fingerprint density at radius 1 is 1.16 bits per heavy atom. The molecule has 236 valence electrons. The first-order valence-corrected chi connectivity index (χ1v) is 16.1. The van der Waals surface area contributed by atoms with Crippen molar-refractivity contribution in [2.45, 2.75) is 57.8 Å². The number of amides is 1. The largest absolute Gasteiger partial charge is 0.486 e. The summed E-state index contributed by atoms with van der Waals surface area (Å²) in [6.45, 7) is 12.6. The Bertz CT molecular complexity index is 1600. The first-order chi connectivity index (χ1) is 21.9. The van der Waals surface area contributed by atoms with Crippen molar-refractivity contribution in [3.8, 4) is 17.8 Å². The van der Waals surface area contributed by atoms with Crippen LogP contribution >= 0.6 is 11.6 Å². The first-order valence-electron chi connectivity index (χ1n) is 15.8. The number of likely N-dealkylation sites (tertiary alicyclic amines) is 1. The van der Waals surface area contributed by atoms with E-state index in [1.54, 1.807) is 4.90 Å². The van der Waals surface area contributed by atoms with Crippen molar-refractivity contribution in [1.82, 2.24) is 19.8 Å². The molecule has 10 nitrogen and oxygen atoms in total. The molecule has 1 amide bonds. The Morgan fingerprint density at radius 2 is 1.98 bits per heavy atom. The van der Waals surface area contributed by atoms with Crippen molar-refractivity contribution in [2.75, 3.05) is 55.7 Å². The third-order valence-electron chi connectivity index (χ3n) is 9.08. The van der Waals surface area contributed by atoms with Crippen LogP contribution in [0.3, 0.4) is 0 Å². The molecule has 3 aliphatic rings. The van der Waals surface area contributed by atoms with E-state index in [9.17, 15) is 10.1 Å². The van der Waals surface area contributed by atoms with Crippen LogP contribution in [0.15, 0.2) is 49.1 Å². The van der Waals surface area contributed by atoms with Crippen LogP contribution in [0, 0.1) is 11.3 Å². The van der Waals surface area contributed by atoms with E-state index < -0.39 is 0 Å². The van der Waals surface area contributed by atoms with Gasteiger partial charge in [0.05, 0.1) is 36.6 Å². The molecule has 11 heteroatoms. The summed E-state index contributed by atoms with van der Waals surface area (Å²) in [5.41, 5.74) is 1.74. The molecular weight excluding hydrogens is 590 g/mol. The molecule has 4 heterocycles. The molecule has 6 rings (SSSR count). The van der Waals surface area contributed by atoms with Gasteiger partial charge in [-0.2, -0.15) is 15.2 Å². The van der Waals surface area contributed by atoms with Crippen LogP contribution in [-0.4, -0.2) is 89.7 Å². The number of carbonyl (C=O) groups excluding carboxylic acids is 1. The quantitative estimate of drug-likeness (QED) is 0.317. The van der Waals surface area contributed by atoms with Gasteiger partial charge in [-0.3, -0.25) is 9.69 Å². The third kappa shape index (κ3) is 6.37. The summed E-state index contributed by atoms with van der Waals surface area (Å²) in [5, 5.41) is 12.3. The van der Waals surface area contributed by atoms with Gasteiger partial charge in [0.15, 0.2) is 11.6 Å². The average Bonchev–Trinajstić information content (AvgIpc) is 3.42. The van der Waals surface area contributed by atoms with Gasteiger partial charge in [-0.25, -0.2) is 0 Å². The fourth-order valence-corrected chi connectivity index (χ4v) is 7.16. The van der Waals surface area contributed by atoms with Gasteiger partial charge in [0.1, 0.15) is 18.9 Å². The fourth-order valence-electron chi connectivity index (χ4n) is 6.88. The maximum Gasteiger partial charge on any atom is 0.318 e. The molecule has 0 spiro atoms. The zero-order valence-electron chi connectivity index (χ0n) is 26.0. The first kappa shape index (κ1) is 30.9. The van der Waals surface area contributed by atoms with Gasteiger partial charge in [-0.05, 0) is 56.8 Å². The highest BCUT2D eigenvalue weighted by Crippen LogP contribution is 2.39. The van der Waals surface area contributed by atoms with Gasteiger partial charge in [-0.1, -0.05) is 42.4 Å². The van der Waals surface area contributed by atoms with Crippen LogP contribution < -0.4 is 19.3 Å². The number of hydrogen-bond donors (Lipinski definition) is 0. The molecular formula is C34H40ClN7O3. The number of halogens is 1. The van der Waals surface area contributed by atoms with E-state index >= 15 is 0 Å². The Labute approximate surface area is 269 Å². The second-order valence-corrected chi connectivity index (χ2v) is 12.5. The van der Waals surface area contributed by atoms with E-state index in [2.05, 4.69) is 59.4 Å². The second-order valence-electron chi connectivity index (χ2n) is 12.1. The highest BCUT2D eigenvalue weighted by molar-refractivity contribution is 6.36.